The molecule has 1 fully saturated rings. The van der Waals surface area contributed by atoms with Gasteiger partial charge < -0.3 is 10.5 Å². The van der Waals surface area contributed by atoms with Gasteiger partial charge in [-0.15, -0.1) is 11.3 Å². The fourth-order valence-corrected chi connectivity index (χ4v) is 4.91. The van der Waals surface area contributed by atoms with Crippen molar-refractivity contribution < 1.29 is 9.53 Å². The van der Waals surface area contributed by atoms with Crippen LogP contribution in [0.4, 0.5) is 0 Å². The Hall–Kier alpha value is -1.88. The minimum absolute atomic E-state index is 0.0560. The largest absolute Gasteiger partial charge is 0.493 e. The van der Waals surface area contributed by atoms with Gasteiger partial charge in [-0.2, -0.15) is 0 Å². The Kier molecular flexibility index (Phi) is 7.11. The Morgan fingerprint density at radius 2 is 1.93 bits per heavy atom. The molecule has 0 spiro atoms. The standard InChI is InChI=1S/C23H32N2O2S/c1-15(2)13-27-20-11-9-18(10-12-20)21-14-28-23(25-21)16(3)17-5-4-6-19(8-7-17)22(24)26/h9-12,14-17,19H,4-8,13H2,1-3H3,(H2,24,26). The number of primary amides is 1. The molecule has 0 bridgehead atoms. The summed E-state index contributed by atoms with van der Waals surface area (Å²) in [7, 11) is 0. The second-order valence-corrected chi connectivity index (χ2v) is 9.35. The van der Waals surface area contributed by atoms with Crippen LogP contribution in [-0.4, -0.2) is 17.5 Å². The van der Waals surface area contributed by atoms with Crippen LogP contribution in [0.2, 0.25) is 0 Å². The van der Waals surface area contributed by atoms with Gasteiger partial charge in [0.05, 0.1) is 17.3 Å². The molecule has 1 saturated carbocycles. The van der Waals surface area contributed by atoms with Crippen molar-refractivity contribution in [3.8, 4) is 17.0 Å². The zero-order chi connectivity index (χ0) is 20.1. The molecule has 28 heavy (non-hydrogen) atoms. The van der Waals surface area contributed by atoms with Crippen molar-refractivity contribution in [1.82, 2.24) is 4.98 Å². The monoisotopic (exact) mass is 400 g/mol. The molecule has 0 aliphatic heterocycles. The number of benzene rings is 1. The molecule has 3 rings (SSSR count). The lowest BCUT2D eigenvalue weighted by molar-refractivity contribution is -0.122. The maximum Gasteiger partial charge on any atom is 0.220 e. The fourth-order valence-electron chi connectivity index (χ4n) is 3.93. The molecule has 1 amide bonds. The fraction of sp³-hybridized carbons (Fsp3) is 0.565. The predicted molar refractivity (Wildman–Crippen MR) is 116 cm³/mol. The molecule has 1 heterocycles. The van der Waals surface area contributed by atoms with Crippen LogP contribution >= 0.6 is 11.3 Å². The Balaban J connectivity index is 1.63. The van der Waals surface area contributed by atoms with Gasteiger partial charge in [0.25, 0.3) is 0 Å². The molecule has 2 aromatic rings. The smallest absolute Gasteiger partial charge is 0.220 e. The second kappa shape index (κ2) is 9.55. The minimum Gasteiger partial charge on any atom is -0.493 e. The molecular formula is C23H32N2O2S. The molecule has 152 valence electrons. The van der Waals surface area contributed by atoms with Crippen LogP contribution in [0.5, 0.6) is 5.75 Å². The van der Waals surface area contributed by atoms with Gasteiger partial charge in [-0.25, -0.2) is 4.98 Å². The third-order valence-electron chi connectivity index (χ3n) is 5.77. The molecule has 1 aliphatic carbocycles. The second-order valence-electron chi connectivity index (χ2n) is 8.46. The average molecular weight is 401 g/mol. The molecule has 1 aliphatic rings. The Bertz CT molecular complexity index is 769. The van der Waals surface area contributed by atoms with Crippen molar-refractivity contribution >= 4 is 17.2 Å². The van der Waals surface area contributed by atoms with E-state index < -0.39 is 0 Å². The number of aromatic nitrogens is 1. The summed E-state index contributed by atoms with van der Waals surface area (Å²) in [6, 6.07) is 8.22. The van der Waals surface area contributed by atoms with Crippen LogP contribution in [0.1, 0.15) is 63.8 Å². The number of hydrogen-bond acceptors (Lipinski definition) is 4. The molecule has 3 unspecified atom stereocenters. The van der Waals surface area contributed by atoms with E-state index in [2.05, 4.69) is 38.3 Å². The summed E-state index contributed by atoms with van der Waals surface area (Å²) in [4.78, 5) is 16.4. The van der Waals surface area contributed by atoms with Gasteiger partial charge in [0.1, 0.15) is 5.75 Å². The van der Waals surface area contributed by atoms with Crippen molar-refractivity contribution in [2.75, 3.05) is 6.61 Å². The highest BCUT2D eigenvalue weighted by Gasteiger charge is 2.27. The maximum atomic E-state index is 11.5. The van der Waals surface area contributed by atoms with E-state index in [1.165, 1.54) is 5.01 Å². The van der Waals surface area contributed by atoms with Gasteiger partial charge >= 0.3 is 0 Å². The minimum atomic E-state index is -0.134. The summed E-state index contributed by atoms with van der Waals surface area (Å²) in [5.41, 5.74) is 7.68. The molecule has 1 aromatic carbocycles. The van der Waals surface area contributed by atoms with E-state index in [9.17, 15) is 4.79 Å². The molecule has 0 radical (unpaired) electrons. The van der Waals surface area contributed by atoms with Crippen LogP contribution in [-0.2, 0) is 4.79 Å². The lowest BCUT2D eigenvalue weighted by Gasteiger charge is -2.20. The van der Waals surface area contributed by atoms with Crippen molar-refractivity contribution in [1.29, 1.82) is 0 Å². The number of carbonyl (C=O) groups excluding carboxylic acids is 1. The first kappa shape index (κ1) is 20.8. The summed E-state index contributed by atoms with van der Waals surface area (Å²) >= 11 is 1.74. The van der Waals surface area contributed by atoms with E-state index in [1.54, 1.807) is 11.3 Å². The lowest BCUT2D eigenvalue weighted by atomic mass is 9.87. The first-order valence-corrected chi connectivity index (χ1v) is 11.3. The molecule has 1 aromatic heterocycles. The van der Waals surface area contributed by atoms with Crippen molar-refractivity contribution in [3.63, 3.8) is 0 Å². The van der Waals surface area contributed by atoms with Crippen LogP contribution in [0.25, 0.3) is 11.3 Å². The molecule has 5 heteroatoms. The Labute approximate surface area is 172 Å². The average Bonchev–Trinajstić information content (AvgIpc) is 3.03. The van der Waals surface area contributed by atoms with E-state index >= 15 is 0 Å². The Morgan fingerprint density at radius 3 is 2.61 bits per heavy atom. The summed E-state index contributed by atoms with van der Waals surface area (Å²) < 4.78 is 5.77. The summed E-state index contributed by atoms with van der Waals surface area (Å²) in [6.45, 7) is 7.31. The number of amides is 1. The summed E-state index contributed by atoms with van der Waals surface area (Å²) in [6.07, 6.45) is 5.15. The van der Waals surface area contributed by atoms with Crippen LogP contribution in [0.15, 0.2) is 29.6 Å². The van der Waals surface area contributed by atoms with Crippen molar-refractivity contribution in [2.24, 2.45) is 23.5 Å². The van der Waals surface area contributed by atoms with Gasteiger partial charge in [0, 0.05) is 22.8 Å². The first-order chi connectivity index (χ1) is 13.4. The maximum absolute atomic E-state index is 11.5. The van der Waals surface area contributed by atoms with Crippen molar-refractivity contribution in [2.45, 2.75) is 58.8 Å². The molecule has 3 atom stereocenters. The quantitative estimate of drug-likeness (QED) is 0.613. The predicted octanol–water partition coefficient (Wildman–Crippen LogP) is 5.63. The van der Waals surface area contributed by atoms with Crippen LogP contribution in [0, 0.1) is 17.8 Å². The van der Waals surface area contributed by atoms with Crippen LogP contribution < -0.4 is 10.5 Å². The third kappa shape index (κ3) is 5.34. The summed E-state index contributed by atoms with van der Waals surface area (Å²) in [5, 5.41) is 3.34. The molecular weight excluding hydrogens is 368 g/mol. The number of thiazole rings is 1. The van der Waals surface area contributed by atoms with Gasteiger partial charge in [0.15, 0.2) is 0 Å². The SMILES string of the molecule is CC(C)COc1ccc(-c2csc(C(C)C3CCCC(C(N)=O)CC3)n2)cc1. The molecule has 2 N–H and O–H groups in total. The number of carbonyl (C=O) groups is 1. The highest BCUT2D eigenvalue weighted by molar-refractivity contribution is 7.10. The van der Waals surface area contributed by atoms with Crippen LogP contribution in [0.3, 0.4) is 0 Å². The van der Waals surface area contributed by atoms with E-state index in [-0.39, 0.29) is 11.8 Å². The Morgan fingerprint density at radius 1 is 1.18 bits per heavy atom. The van der Waals surface area contributed by atoms with E-state index in [0.29, 0.717) is 17.8 Å². The third-order valence-corrected chi connectivity index (χ3v) is 6.81. The molecule has 0 saturated heterocycles. The first-order valence-electron chi connectivity index (χ1n) is 10.4. The summed E-state index contributed by atoms with van der Waals surface area (Å²) in [5.74, 6) is 2.34. The highest BCUT2D eigenvalue weighted by Crippen LogP contribution is 2.38. The number of nitrogens with zero attached hydrogens (tertiary/aromatic N) is 1. The van der Waals surface area contributed by atoms with Gasteiger partial charge in [-0.05, 0) is 61.8 Å². The van der Waals surface area contributed by atoms with Crippen molar-refractivity contribution in [3.05, 3.63) is 34.7 Å². The lowest BCUT2D eigenvalue weighted by Crippen LogP contribution is -2.22. The molecule has 4 nitrogen and oxygen atoms in total. The number of ether oxygens (including phenoxy) is 1. The zero-order valence-corrected chi connectivity index (χ0v) is 18.0. The normalized spacial score (nSPS) is 21.3. The number of nitrogens with two attached hydrogens (primary N) is 1. The topological polar surface area (TPSA) is 65.2 Å². The van der Waals surface area contributed by atoms with E-state index in [4.69, 9.17) is 15.5 Å². The van der Waals surface area contributed by atoms with Gasteiger partial charge in [-0.1, -0.05) is 27.2 Å². The zero-order valence-electron chi connectivity index (χ0n) is 17.2. The number of rotatable bonds is 7. The highest BCUT2D eigenvalue weighted by atomic mass is 32.1. The van der Waals surface area contributed by atoms with E-state index in [1.807, 2.05) is 12.1 Å². The van der Waals surface area contributed by atoms with E-state index in [0.717, 1.165) is 55.7 Å². The number of hydrogen-bond donors (Lipinski definition) is 1. The van der Waals surface area contributed by atoms with Gasteiger partial charge in [0.2, 0.25) is 5.91 Å². The van der Waals surface area contributed by atoms with Gasteiger partial charge in [-0.3, -0.25) is 4.79 Å².